The maximum Gasteiger partial charge on any atom is 0.155 e. The minimum atomic E-state index is 0.137. The zero-order valence-corrected chi connectivity index (χ0v) is 7.06. The molecule has 0 atom stereocenters. The number of allylic oxidation sites excluding steroid dienone is 4. The van der Waals surface area contributed by atoms with Gasteiger partial charge in [-0.25, -0.2) is 0 Å². The lowest BCUT2D eigenvalue weighted by molar-refractivity contribution is -0.113. The first kappa shape index (κ1) is 9.21. The van der Waals surface area contributed by atoms with Crippen LogP contribution in [0.25, 0.3) is 0 Å². The van der Waals surface area contributed by atoms with Crippen LogP contribution in [0.2, 0.25) is 0 Å². The van der Waals surface area contributed by atoms with Crippen LogP contribution >= 0.6 is 0 Å². The van der Waals surface area contributed by atoms with E-state index in [1.54, 1.807) is 6.92 Å². The Morgan fingerprint density at radius 1 is 1.20 bits per heavy atom. The highest BCUT2D eigenvalue weighted by Crippen LogP contribution is 1.95. The van der Waals surface area contributed by atoms with Crippen LogP contribution in [-0.2, 0) is 4.79 Å². The number of hydrogen-bond donors (Lipinski definition) is 0. The van der Waals surface area contributed by atoms with Gasteiger partial charge >= 0.3 is 0 Å². The molecule has 54 valence electrons. The summed E-state index contributed by atoms with van der Waals surface area (Å²) in [5.74, 6) is 0.137. The Hall–Kier alpha value is -0.785. The Labute approximate surface area is 63.2 Å². The lowest BCUT2D eigenvalue weighted by atomic mass is 9.97. The molecule has 0 aromatic heterocycles. The van der Waals surface area contributed by atoms with E-state index in [0.717, 1.165) is 5.57 Å². The van der Waals surface area contributed by atoms with E-state index in [2.05, 4.69) is 0 Å². The normalized spacial score (nSPS) is 13.5. The standard InChI is InChI=1S/C8H13BO/c1-6(8(3)10)4-5-7(2)9/h4-5H,9H2,1-3H3/b6-4+,7-5+. The summed E-state index contributed by atoms with van der Waals surface area (Å²) in [6.45, 7) is 5.40. The summed E-state index contributed by atoms with van der Waals surface area (Å²) in [5.41, 5.74) is 2.02. The Kier molecular flexibility index (Phi) is 3.78. The zero-order chi connectivity index (χ0) is 8.15. The molecule has 0 spiro atoms. The van der Waals surface area contributed by atoms with E-state index < -0.39 is 0 Å². The van der Waals surface area contributed by atoms with E-state index in [1.165, 1.54) is 5.47 Å². The molecule has 0 amide bonds. The summed E-state index contributed by atoms with van der Waals surface area (Å²) in [5, 5.41) is 0. The maximum atomic E-state index is 10.7. The molecule has 0 radical (unpaired) electrons. The molecule has 0 aromatic rings. The van der Waals surface area contributed by atoms with E-state index in [4.69, 9.17) is 0 Å². The largest absolute Gasteiger partial charge is 0.295 e. The Bertz CT molecular complexity index is 185. The molecule has 0 unspecified atom stereocenters. The van der Waals surface area contributed by atoms with E-state index in [-0.39, 0.29) is 5.78 Å². The van der Waals surface area contributed by atoms with Gasteiger partial charge in [-0.1, -0.05) is 19.1 Å². The molecular weight excluding hydrogens is 123 g/mol. The van der Waals surface area contributed by atoms with Gasteiger partial charge in [0.15, 0.2) is 5.78 Å². The van der Waals surface area contributed by atoms with Crippen molar-refractivity contribution in [3.8, 4) is 0 Å². The topological polar surface area (TPSA) is 17.1 Å². The van der Waals surface area contributed by atoms with Crippen molar-refractivity contribution in [2.24, 2.45) is 0 Å². The third-order valence-corrected chi connectivity index (χ3v) is 1.22. The molecule has 1 nitrogen and oxygen atoms in total. The second-order valence-electron chi connectivity index (χ2n) is 2.65. The van der Waals surface area contributed by atoms with E-state index in [0.29, 0.717) is 0 Å². The van der Waals surface area contributed by atoms with Gasteiger partial charge in [-0.05, 0) is 19.4 Å². The van der Waals surface area contributed by atoms with Crippen molar-refractivity contribution < 1.29 is 4.79 Å². The number of carbonyl (C=O) groups excluding carboxylic acids is 1. The number of carbonyl (C=O) groups is 1. The Morgan fingerprint density at radius 2 is 1.70 bits per heavy atom. The molecule has 0 saturated heterocycles. The van der Waals surface area contributed by atoms with Crippen LogP contribution in [0.5, 0.6) is 0 Å². The van der Waals surface area contributed by atoms with Crippen LogP contribution in [0, 0.1) is 0 Å². The SMILES string of the molecule is B/C(C)=C/C=C(\C)C(C)=O. The molecule has 0 rings (SSSR count). The van der Waals surface area contributed by atoms with Gasteiger partial charge in [-0.2, -0.15) is 0 Å². The van der Waals surface area contributed by atoms with E-state index in [9.17, 15) is 4.79 Å². The van der Waals surface area contributed by atoms with Crippen molar-refractivity contribution in [1.29, 1.82) is 0 Å². The summed E-state index contributed by atoms with van der Waals surface area (Å²) in [7, 11) is 2.00. The lowest BCUT2D eigenvalue weighted by Gasteiger charge is -1.89. The molecular formula is C8H13BO. The molecule has 0 bridgehead atoms. The maximum absolute atomic E-state index is 10.7. The fraction of sp³-hybridized carbons (Fsp3) is 0.375. The van der Waals surface area contributed by atoms with Crippen molar-refractivity contribution in [1.82, 2.24) is 0 Å². The first-order valence-electron chi connectivity index (χ1n) is 3.36. The third-order valence-electron chi connectivity index (χ3n) is 1.22. The lowest BCUT2D eigenvalue weighted by Crippen LogP contribution is -1.89. The zero-order valence-electron chi connectivity index (χ0n) is 7.06. The Balaban J connectivity index is 4.19. The van der Waals surface area contributed by atoms with Gasteiger partial charge in [-0.15, -0.1) is 5.47 Å². The third kappa shape index (κ3) is 4.13. The summed E-state index contributed by atoms with van der Waals surface area (Å²) in [4.78, 5) is 10.7. The van der Waals surface area contributed by atoms with Gasteiger partial charge < -0.3 is 0 Å². The number of hydrogen-bond acceptors (Lipinski definition) is 1. The molecule has 0 fully saturated rings. The van der Waals surface area contributed by atoms with Crippen molar-refractivity contribution in [3.05, 3.63) is 23.2 Å². The van der Waals surface area contributed by atoms with Crippen LogP contribution in [0.15, 0.2) is 23.2 Å². The van der Waals surface area contributed by atoms with Gasteiger partial charge in [0.2, 0.25) is 0 Å². The first-order valence-corrected chi connectivity index (χ1v) is 3.36. The molecule has 2 heteroatoms. The molecule has 10 heavy (non-hydrogen) atoms. The molecule has 0 heterocycles. The van der Waals surface area contributed by atoms with Gasteiger partial charge in [0.05, 0.1) is 0 Å². The second kappa shape index (κ2) is 4.10. The van der Waals surface area contributed by atoms with Crippen molar-refractivity contribution in [3.63, 3.8) is 0 Å². The van der Waals surface area contributed by atoms with E-state index in [1.807, 2.05) is 33.8 Å². The van der Waals surface area contributed by atoms with Crippen molar-refractivity contribution in [2.75, 3.05) is 0 Å². The molecule has 0 N–H and O–H groups in total. The van der Waals surface area contributed by atoms with Crippen molar-refractivity contribution in [2.45, 2.75) is 20.8 Å². The number of ketones is 1. The van der Waals surface area contributed by atoms with Gasteiger partial charge in [0.25, 0.3) is 0 Å². The highest BCUT2D eigenvalue weighted by atomic mass is 16.1. The number of rotatable bonds is 2. The van der Waals surface area contributed by atoms with Gasteiger partial charge in [0.1, 0.15) is 7.85 Å². The molecule has 0 aliphatic heterocycles. The number of Topliss-reactive ketones (excluding diaryl/α,β-unsaturated/α-hetero) is 1. The average molecular weight is 136 g/mol. The first-order chi connectivity index (χ1) is 4.54. The molecule has 0 aromatic carbocycles. The van der Waals surface area contributed by atoms with Crippen LogP contribution in [0.1, 0.15) is 20.8 Å². The smallest absolute Gasteiger partial charge is 0.155 e. The van der Waals surface area contributed by atoms with Crippen LogP contribution < -0.4 is 0 Å². The summed E-state index contributed by atoms with van der Waals surface area (Å²) >= 11 is 0. The van der Waals surface area contributed by atoms with Gasteiger partial charge in [-0.3, -0.25) is 4.79 Å². The fourth-order valence-electron chi connectivity index (χ4n) is 0.409. The van der Waals surface area contributed by atoms with E-state index >= 15 is 0 Å². The monoisotopic (exact) mass is 136 g/mol. The predicted molar refractivity (Wildman–Crippen MR) is 46.7 cm³/mol. The fourth-order valence-corrected chi connectivity index (χ4v) is 0.409. The Morgan fingerprint density at radius 3 is 2.00 bits per heavy atom. The minimum absolute atomic E-state index is 0.137. The van der Waals surface area contributed by atoms with Crippen LogP contribution in [0.3, 0.4) is 0 Å². The average Bonchev–Trinajstić information content (AvgIpc) is 1.82. The summed E-state index contributed by atoms with van der Waals surface area (Å²) in [6, 6.07) is 0. The molecule has 0 aliphatic rings. The summed E-state index contributed by atoms with van der Waals surface area (Å²) in [6.07, 6.45) is 3.79. The predicted octanol–water partition coefficient (Wildman–Crippen LogP) is 1.06. The van der Waals surface area contributed by atoms with Crippen molar-refractivity contribution >= 4 is 13.6 Å². The van der Waals surface area contributed by atoms with Gasteiger partial charge in [0, 0.05) is 0 Å². The minimum Gasteiger partial charge on any atom is -0.295 e. The molecule has 0 aliphatic carbocycles. The molecule has 0 saturated carbocycles. The quantitative estimate of drug-likeness (QED) is 0.315. The highest BCUT2D eigenvalue weighted by Gasteiger charge is 1.91. The van der Waals surface area contributed by atoms with Crippen LogP contribution in [-0.4, -0.2) is 13.6 Å². The highest BCUT2D eigenvalue weighted by molar-refractivity contribution is 6.21. The second-order valence-corrected chi connectivity index (χ2v) is 2.65. The van der Waals surface area contributed by atoms with Crippen LogP contribution in [0.4, 0.5) is 0 Å². The summed E-state index contributed by atoms with van der Waals surface area (Å²) < 4.78 is 0.